The summed E-state index contributed by atoms with van der Waals surface area (Å²) in [7, 11) is -2.44. The van der Waals surface area contributed by atoms with E-state index in [4.69, 9.17) is 14.4 Å². The predicted octanol–water partition coefficient (Wildman–Crippen LogP) is 12.5. The highest BCUT2D eigenvalue weighted by Crippen LogP contribution is 2.39. The fraction of sp³-hybridized carbons (Fsp3) is 0.0370. The minimum Gasteiger partial charge on any atom is -0.454 e. The highest BCUT2D eigenvalue weighted by molar-refractivity contribution is 7.03. The first-order valence-corrected chi connectivity index (χ1v) is 23.8. The Bertz CT molecular complexity index is 3920. The lowest BCUT2D eigenvalue weighted by molar-refractivity contribution is 0.668. The molecule has 0 N–H and O–H groups in total. The van der Waals surface area contributed by atoms with Crippen molar-refractivity contribution < 1.29 is 4.42 Å². The molecule has 0 aliphatic rings. The summed E-state index contributed by atoms with van der Waals surface area (Å²) in [6, 6.07) is 63.8. The maximum absolute atomic E-state index is 6.19. The molecule has 0 radical (unpaired) electrons. The average Bonchev–Trinajstić information content (AvgIpc) is 4.05. The van der Waals surface area contributed by atoms with Gasteiger partial charge in [-0.1, -0.05) is 92.0 Å². The SMILES string of the molecule is C[Si](C)(c1cccc2c1c1ccccc1n2-c1ccc2oc3cccnc3c2c1)c1cccc2c1c1ccccc1n2-c1ccc2c(c1)c1ncccc1n2-c1ccccc1. The Hall–Kier alpha value is -7.74. The van der Waals surface area contributed by atoms with E-state index in [1.807, 2.05) is 30.6 Å². The molecule has 0 spiro atoms. The van der Waals surface area contributed by atoms with Crippen LogP contribution in [0.15, 0.2) is 193 Å². The van der Waals surface area contributed by atoms with E-state index in [9.17, 15) is 0 Å². The highest BCUT2D eigenvalue weighted by atomic mass is 28.3. The second-order valence-corrected chi connectivity index (χ2v) is 20.9. The van der Waals surface area contributed by atoms with E-state index in [0.29, 0.717) is 0 Å². The van der Waals surface area contributed by atoms with Gasteiger partial charge in [0.2, 0.25) is 0 Å². The van der Waals surface area contributed by atoms with Gasteiger partial charge in [0.15, 0.2) is 5.58 Å². The summed E-state index contributed by atoms with van der Waals surface area (Å²) in [4.78, 5) is 9.64. The van der Waals surface area contributed by atoms with Crippen molar-refractivity contribution in [2.75, 3.05) is 0 Å². The number of rotatable bonds is 5. The zero-order chi connectivity index (χ0) is 40.4. The van der Waals surface area contributed by atoms with Gasteiger partial charge in [0, 0.05) is 61.8 Å². The van der Waals surface area contributed by atoms with Gasteiger partial charge < -0.3 is 18.1 Å². The third-order valence-electron chi connectivity index (χ3n) is 13.0. The predicted molar refractivity (Wildman–Crippen MR) is 256 cm³/mol. The standard InChI is InChI=1S/C54H37N5OSi/c1-61(2,50-25-11-21-45-52(50)38-17-7-9-19-42(38)59(45)36-27-29-47-40(33-36)54-48(60-47)23-13-31-56-54)49-24-10-20-44-51(49)37-16-6-8-18-41(37)58(44)35-26-28-43-39(32-35)53-46(22-12-30-55-53)57(43)34-14-4-3-5-15-34/h3-33H,1-2H3. The van der Waals surface area contributed by atoms with Crippen LogP contribution in [0.1, 0.15) is 0 Å². The lowest BCUT2D eigenvalue weighted by Gasteiger charge is -2.26. The fourth-order valence-electron chi connectivity index (χ4n) is 10.3. The van der Waals surface area contributed by atoms with Crippen LogP contribution in [0.5, 0.6) is 0 Å². The van der Waals surface area contributed by atoms with E-state index in [1.165, 1.54) is 54.0 Å². The molecule has 13 rings (SSSR count). The van der Waals surface area contributed by atoms with E-state index < -0.39 is 8.07 Å². The Kier molecular flexibility index (Phi) is 7.07. The van der Waals surface area contributed by atoms with E-state index in [1.54, 1.807) is 0 Å². The van der Waals surface area contributed by atoms with Gasteiger partial charge in [-0.3, -0.25) is 9.97 Å². The maximum atomic E-state index is 6.19. The first kappa shape index (κ1) is 34.2. The number of furan rings is 1. The van der Waals surface area contributed by atoms with Gasteiger partial charge >= 0.3 is 0 Å². The Labute approximate surface area is 351 Å². The minimum absolute atomic E-state index is 0.802. The Morgan fingerprint density at radius 2 is 0.902 bits per heavy atom. The third-order valence-corrected chi connectivity index (χ3v) is 16.5. The van der Waals surface area contributed by atoms with Crippen molar-refractivity contribution in [2.45, 2.75) is 13.1 Å². The molecule has 7 heteroatoms. The molecule has 6 nitrogen and oxygen atoms in total. The molecule has 0 atom stereocenters. The third kappa shape index (κ3) is 4.78. The molecule has 6 aromatic heterocycles. The largest absolute Gasteiger partial charge is 0.454 e. The van der Waals surface area contributed by atoms with Crippen molar-refractivity contribution in [3.05, 3.63) is 188 Å². The molecule has 0 saturated carbocycles. The number of para-hydroxylation sites is 3. The van der Waals surface area contributed by atoms with E-state index in [-0.39, 0.29) is 0 Å². The van der Waals surface area contributed by atoms with Crippen LogP contribution in [-0.4, -0.2) is 31.7 Å². The number of aromatic nitrogens is 5. The Morgan fingerprint density at radius 1 is 0.377 bits per heavy atom. The van der Waals surface area contributed by atoms with Gasteiger partial charge in [-0.15, -0.1) is 0 Å². The molecule has 0 aliphatic heterocycles. The van der Waals surface area contributed by atoms with Crippen molar-refractivity contribution in [1.29, 1.82) is 0 Å². The number of pyridine rings is 2. The number of nitrogens with zero attached hydrogens (tertiary/aromatic N) is 5. The molecule has 0 bridgehead atoms. The summed E-state index contributed by atoms with van der Waals surface area (Å²) >= 11 is 0. The normalized spacial score (nSPS) is 12.4. The van der Waals surface area contributed by atoms with Crippen molar-refractivity contribution in [2.24, 2.45) is 0 Å². The molecule has 0 aliphatic carbocycles. The van der Waals surface area contributed by atoms with Crippen LogP contribution in [-0.2, 0) is 0 Å². The molecule has 0 unspecified atom stereocenters. The Balaban J connectivity index is 1.03. The average molecular weight is 800 g/mol. The van der Waals surface area contributed by atoms with Crippen molar-refractivity contribution in [3.8, 4) is 17.1 Å². The minimum atomic E-state index is -2.44. The van der Waals surface area contributed by atoms with Gasteiger partial charge in [-0.25, -0.2) is 0 Å². The van der Waals surface area contributed by atoms with E-state index in [0.717, 1.165) is 61.1 Å². The lowest BCUT2D eigenvalue weighted by Crippen LogP contribution is -2.53. The number of hydrogen-bond acceptors (Lipinski definition) is 3. The fourth-order valence-corrected chi connectivity index (χ4v) is 13.4. The molecule has 61 heavy (non-hydrogen) atoms. The molecule has 0 amide bonds. The first-order chi connectivity index (χ1) is 30.0. The van der Waals surface area contributed by atoms with Crippen LogP contribution in [0.3, 0.4) is 0 Å². The number of benzene rings is 7. The van der Waals surface area contributed by atoms with Crippen LogP contribution in [0.2, 0.25) is 13.1 Å². The summed E-state index contributed by atoms with van der Waals surface area (Å²) in [5.41, 5.74) is 13.9. The van der Waals surface area contributed by atoms with Crippen molar-refractivity contribution in [1.82, 2.24) is 23.7 Å². The van der Waals surface area contributed by atoms with Crippen LogP contribution in [0.25, 0.3) is 105 Å². The van der Waals surface area contributed by atoms with Gasteiger partial charge in [0.05, 0.1) is 38.6 Å². The zero-order valence-corrected chi connectivity index (χ0v) is 34.5. The van der Waals surface area contributed by atoms with Crippen molar-refractivity contribution >= 4 is 106 Å². The number of hydrogen-bond donors (Lipinski definition) is 0. The van der Waals surface area contributed by atoms with Gasteiger partial charge in [-0.2, -0.15) is 0 Å². The molecule has 6 heterocycles. The molecule has 13 aromatic rings. The quantitative estimate of drug-likeness (QED) is 0.163. The van der Waals surface area contributed by atoms with Gasteiger partial charge in [0.1, 0.15) is 19.2 Å². The maximum Gasteiger partial charge on any atom is 0.153 e. The number of fused-ring (bicyclic) bond motifs is 12. The highest BCUT2D eigenvalue weighted by Gasteiger charge is 2.33. The molecular formula is C54H37N5OSi. The van der Waals surface area contributed by atoms with E-state index >= 15 is 0 Å². The van der Waals surface area contributed by atoms with E-state index in [2.05, 4.69) is 185 Å². The summed E-state index contributed by atoms with van der Waals surface area (Å²) in [6.07, 6.45) is 3.74. The molecule has 0 saturated heterocycles. The van der Waals surface area contributed by atoms with Crippen LogP contribution < -0.4 is 10.4 Å². The summed E-state index contributed by atoms with van der Waals surface area (Å²) in [5, 5.41) is 10.2. The second-order valence-electron chi connectivity index (χ2n) is 16.6. The first-order valence-electron chi connectivity index (χ1n) is 20.8. The lowest BCUT2D eigenvalue weighted by atomic mass is 10.1. The molecule has 7 aromatic carbocycles. The smallest absolute Gasteiger partial charge is 0.153 e. The van der Waals surface area contributed by atoms with Crippen molar-refractivity contribution in [3.63, 3.8) is 0 Å². The molecule has 0 fully saturated rings. The monoisotopic (exact) mass is 799 g/mol. The molecular weight excluding hydrogens is 763 g/mol. The van der Waals surface area contributed by atoms with Gasteiger partial charge in [-0.05, 0) is 107 Å². The van der Waals surface area contributed by atoms with Crippen LogP contribution >= 0.6 is 0 Å². The Morgan fingerprint density at radius 3 is 1.59 bits per heavy atom. The topological polar surface area (TPSA) is 53.7 Å². The zero-order valence-electron chi connectivity index (χ0n) is 33.5. The second kappa shape index (κ2) is 12.6. The summed E-state index contributed by atoms with van der Waals surface area (Å²) in [5.74, 6) is 0. The summed E-state index contributed by atoms with van der Waals surface area (Å²) in [6.45, 7) is 5.06. The van der Waals surface area contributed by atoms with Gasteiger partial charge in [0.25, 0.3) is 0 Å². The van der Waals surface area contributed by atoms with Crippen LogP contribution in [0, 0.1) is 0 Å². The van der Waals surface area contributed by atoms with Crippen LogP contribution in [0.4, 0.5) is 0 Å². The summed E-state index contributed by atoms with van der Waals surface area (Å²) < 4.78 is 13.4. The molecule has 288 valence electrons.